The molecule has 0 aliphatic carbocycles. The Morgan fingerprint density at radius 1 is 1.21 bits per heavy atom. The highest BCUT2D eigenvalue weighted by atomic mass is 35.5. The number of benzene rings is 2. The first-order valence-corrected chi connectivity index (χ1v) is 10.9. The van der Waals surface area contributed by atoms with Gasteiger partial charge >= 0.3 is 0 Å². The summed E-state index contributed by atoms with van der Waals surface area (Å²) in [5.41, 5.74) is 1.43. The molecule has 1 fully saturated rings. The Labute approximate surface area is 166 Å². The third kappa shape index (κ3) is 3.67. The lowest BCUT2D eigenvalue weighted by Gasteiger charge is -2.34. The van der Waals surface area contributed by atoms with Gasteiger partial charge in [0.25, 0.3) is 0 Å². The van der Waals surface area contributed by atoms with Gasteiger partial charge in [0, 0.05) is 24.7 Å². The third-order valence-electron chi connectivity index (χ3n) is 4.70. The normalized spacial score (nSPS) is 17.8. The first-order valence-electron chi connectivity index (χ1n) is 8.59. The molecule has 1 unspecified atom stereocenters. The molecule has 146 valence electrons. The van der Waals surface area contributed by atoms with Gasteiger partial charge in [0.15, 0.2) is 9.84 Å². The van der Waals surface area contributed by atoms with Crippen molar-refractivity contribution in [1.82, 2.24) is 9.97 Å². The second-order valence-corrected chi connectivity index (χ2v) is 9.05. The number of rotatable bonds is 3. The van der Waals surface area contributed by atoms with Crippen molar-refractivity contribution < 1.29 is 17.5 Å². The number of fused-ring (bicyclic) bond motifs is 1. The number of hydrogen-bond donors (Lipinski definition) is 0. The number of anilines is 1. The van der Waals surface area contributed by atoms with Crippen molar-refractivity contribution in [1.29, 1.82) is 0 Å². The molecule has 2 aromatic carbocycles. The molecule has 1 saturated heterocycles. The molecule has 0 N–H and O–H groups in total. The van der Waals surface area contributed by atoms with Crippen molar-refractivity contribution >= 4 is 38.2 Å². The van der Waals surface area contributed by atoms with E-state index in [4.69, 9.17) is 16.3 Å². The highest BCUT2D eigenvalue weighted by molar-refractivity contribution is 7.90. The molecule has 4 rings (SSSR count). The molecule has 1 aromatic heterocycles. The van der Waals surface area contributed by atoms with E-state index in [2.05, 4.69) is 9.97 Å². The van der Waals surface area contributed by atoms with Crippen molar-refractivity contribution in [2.24, 2.45) is 0 Å². The van der Waals surface area contributed by atoms with Crippen LogP contribution >= 0.6 is 11.6 Å². The average molecular weight is 422 g/mol. The summed E-state index contributed by atoms with van der Waals surface area (Å²) in [5.74, 6) is 0.158. The lowest BCUT2D eigenvalue weighted by Crippen LogP contribution is -2.39. The van der Waals surface area contributed by atoms with Crippen molar-refractivity contribution in [2.45, 2.75) is 11.0 Å². The molecular formula is C19H17ClFN3O3S. The number of morpholine rings is 1. The summed E-state index contributed by atoms with van der Waals surface area (Å²) in [6, 6.07) is 9.34. The van der Waals surface area contributed by atoms with Crippen LogP contribution < -0.4 is 4.90 Å². The van der Waals surface area contributed by atoms with Crippen molar-refractivity contribution in [3.63, 3.8) is 0 Å². The van der Waals surface area contributed by atoms with Crippen LogP contribution in [0.25, 0.3) is 10.9 Å². The van der Waals surface area contributed by atoms with Gasteiger partial charge in [0.05, 0.1) is 22.0 Å². The Morgan fingerprint density at radius 2 is 2.04 bits per heavy atom. The fourth-order valence-electron chi connectivity index (χ4n) is 3.26. The predicted octanol–water partition coefficient (Wildman–Crippen LogP) is 3.40. The van der Waals surface area contributed by atoms with E-state index < -0.39 is 15.7 Å². The minimum absolute atomic E-state index is 0.0449. The molecule has 28 heavy (non-hydrogen) atoms. The molecular weight excluding hydrogens is 405 g/mol. The Hall–Kier alpha value is -2.29. The van der Waals surface area contributed by atoms with Crippen LogP contribution in [-0.2, 0) is 14.6 Å². The van der Waals surface area contributed by atoms with Crippen LogP contribution in [0.2, 0.25) is 5.02 Å². The fourth-order valence-corrected chi connectivity index (χ4v) is 4.10. The van der Waals surface area contributed by atoms with Gasteiger partial charge in [0.2, 0.25) is 0 Å². The largest absolute Gasteiger partial charge is 0.370 e. The molecule has 0 amide bonds. The van der Waals surface area contributed by atoms with Crippen molar-refractivity contribution in [2.75, 3.05) is 30.9 Å². The maximum Gasteiger partial charge on any atom is 0.175 e. The molecule has 0 radical (unpaired) electrons. The second kappa shape index (κ2) is 7.27. The Balaban J connectivity index is 1.71. The van der Waals surface area contributed by atoms with Crippen LogP contribution in [-0.4, -0.2) is 44.3 Å². The van der Waals surface area contributed by atoms with Crippen LogP contribution in [0.15, 0.2) is 47.6 Å². The van der Waals surface area contributed by atoms with Crippen molar-refractivity contribution in [3.05, 3.63) is 59.1 Å². The van der Waals surface area contributed by atoms with Crippen LogP contribution in [0.1, 0.15) is 11.7 Å². The molecule has 1 aliphatic heterocycles. The number of nitrogens with zero attached hydrogens (tertiary/aromatic N) is 3. The quantitative estimate of drug-likeness (QED) is 0.645. The SMILES string of the molecule is CS(=O)(=O)c1ccc2ncnc(N3CCOC(c4ccc(F)c(Cl)c4)C3)c2c1. The molecule has 9 heteroatoms. The van der Waals surface area contributed by atoms with Gasteiger partial charge in [0.1, 0.15) is 24.1 Å². The maximum absolute atomic E-state index is 13.5. The average Bonchev–Trinajstić information content (AvgIpc) is 2.68. The van der Waals surface area contributed by atoms with E-state index in [0.29, 0.717) is 36.4 Å². The lowest BCUT2D eigenvalue weighted by molar-refractivity contribution is 0.0396. The highest BCUT2D eigenvalue weighted by Crippen LogP contribution is 2.31. The summed E-state index contributed by atoms with van der Waals surface area (Å²) in [5, 5.41) is 0.701. The van der Waals surface area contributed by atoms with E-state index in [0.717, 1.165) is 5.56 Å². The number of hydrogen-bond acceptors (Lipinski definition) is 6. The smallest absolute Gasteiger partial charge is 0.175 e. The Kier molecular flexibility index (Phi) is 4.95. The maximum atomic E-state index is 13.5. The van der Waals surface area contributed by atoms with Crippen molar-refractivity contribution in [3.8, 4) is 0 Å². The number of sulfone groups is 1. The van der Waals surface area contributed by atoms with Gasteiger partial charge in [-0.1, -0.05) is 17.7 Å². The molecule has 1 aliphatic rings. The van der Waals surface area contributed by atoms with Crippen LogP contribution in [0, 0.1) is 5.82 Å². The monoisotopic (exact) mass is 421 g/mol. The zero-order valence-electron chi connectivity index (χ0n) is 15.0. The van der Waals surface area contributed by atoms with Crippen LogP contribution in [0.4, 0.5) is 10.2 Å². The second-order valence-electron chi connectivity index (χ2n) is 6.63. The molecule has 0 saturated carbocycles. The molecule has 6 nitrogen and oxygen atoms in total. The van der Waals surface area contributed by atoms with E-state index in [-0.39, 0.29) is 16.0 Å². The fraction of sp³-hybridized carbons (Fsp3) is 0.263. The molecule has 0 bridgehead atoms. The van der Waals surface area contributed by atoms with E-state index in [9.17, 15) is 12.8 Å². The van der Waals surface area contributed by atoms with E-state index in [1.165, 1.54) is 24.7 Å². The summed E-state index contributed by atoms with van der Waals surface area (Å²) in [7, 11) is -3.35. The summed E-state index contributed by atoms with van der Waals surface area (Å²) >= 11 is 5.90. The first kappa shape index (κ1) is 19.0. The Morgan fingerprint density at radius 3 is 2.79 bits per heavy atom. The number of ether oxygens (including phenoxy) is 1. The highest BCUT2D eigenvalue weighted by Gasteiger charge is 2.25. The zero-order chi connectivity index (χ0) is 19.9. The zero-order valence-corrected chi connectivity index (χ0v) is 16.5. The third-order valence-corrected chi connectivity index (χ3v) is 6.10. The van der Waals surface area contributed by atoms with Gasteiger partial charge in [-0.05, 0) is 35.9 Å². The van der Waals surface area contributed by atoms with E-state index >= 15 is 0 Å². The van der Waals surface area contributed by atoms with Gasteiger partial charge in [-0.25, -0.2) is 22.8 Å². The number of aromatic nitrogens is 2. The predicted molar refractivity (Wildman–Crippen MR) is 105 cm³/mol. The Bertz CT molecular complexity index is 1160. The van der Waals surface area contributed by atoms with E-state index in [1.807, 2.05) is 4.90 Å². The van der Waals surface area contributed by atoms with Crippen LogP contribution in [0.5, 0.6) is 0 Å². The topological polar surface area (TPSA) is 72.4 Å². The minimum atomic E-state index is -3.35. The lowest BCUT2D eigenvalue weighted by atomic mass is 10.1. The summed E-state index contributed by atoms with van der Waals surface area (Å²) in [6.07, 6.45) is 2.31. The van der Waals surface area contributed by atoms with Gasteiger partial charge < -0.3 is 9.64 Å². The van der Waals surface area contributed by atoms with Gasteiger partial charge in [-0.3, -0.25) is 0 Å². The molecule has 1 atom stereocenters. The summed E-state index contributed by atoms with van der Waals surface area (Å²) in [4.78, 5) is 10.9. The van der Waals surface area contributed by atoms with Crippen LogP contribution in [0.3, 0.4) is 0 Å². The van der Waals surface area contributed by atoms with Gasteiger partial charge in [-0.2, -0.15) is 0 Å². The minimum Gasteiger partial charge on any atom is -0.370 e. The molecule has 3 aromatic rings. The number of halogens is 2. The summed E-state index contributed by atoms with van der Waals surface area (Å²) in [6.45, 7) is 1.49. The standard InChI is InChI=1S/C19H17ClFN3O3S/c1-28(25,26)13-3-5-17-14(9-13)19(23-11-22-17)24-6-7-27-18(10-24)12-2-4-16(21)15(20)8-12/h2-5,8-9,11,18H,6-7,10H2,1H3. The molecule has 2 heterocycles. The van der Waals surface area contributed by atoms with E-state index in [1.54, 1.807) is 24.3 Å². The van der Waals surface area contributed by atoms with Gasteiger partial charge in [-0.15, -0.1) is 0 Å². The molecule has 0 spiro atoms. The summed E-state index contributed by atoms with van der Waals surface area (Å²) < 4.78 is 43.2. The first-order chi connectivity index (χ1) is 13.3.